The maximum Gasteiger partial charge on any atom is 0.251 e. The topological polar surface area (TPSA) is 95.6 Å². The summed E-state index contributed by atoms with van der Waals surface area (Å²) in [7, 11) is 0. The molecule has 8 heteroatoms. The molecule has 0 radical (unpaired) electrons. The summed E-state index contributed by atoms with van der Waals surface area (Å²) >= 11 is 0. The SMILES string of the molecule is CC(=O)Nc1cccc(Nc2cc(C(=O)NCCN3CCOCC3)ccn2)c1. The Hall–Kier alpha value is -2.97. The van der Waals surface area contributed by atoms with E-state index < -0.39 is 0 Å². The number of nitrogens with zero attached hydrogens (tertiary/aromatic N) is 2. The molecule has 1 saturated heterocycles. The van der Waals surface area contributed by atoms with E-state index >= 15 is 0 Å². The van der Waals surface area contributed by atoms with Gasteiger partial charge in [-0.1, -0.05) is 6.07 Å². The van der Waals surface area contributed by atoms with E-state index in [0.29, 0.717) is 23.6 Å². The lowest BCUT2D eigenvalue weighted by atomic mass is 10.2. The van der Waals surface area contributed by atoms with E-state index in [1.807, 2.05) is 12.1 Å². The van der Waals surface area contributed by atoms with E-state index in [1.54, 1.807) is 30.5 Å². The molecule has 0 saturated carbocycles. The Morgan fingerprint density at radius 3 is 2.71 bits per heavy atom. The Kier molecular flexibility index (Phi) is 6.94. The Bertz CT molecular complexity index is 821. The van der Waals surface area contributed by atoms with Crippen LogP contribution >= 0.6 is 0 Å². The second kappa shape index (κ2) is 9.82. The fourth-order valence-electron chi connectivity index (χ4n) is 2.92. The van der Waals surface area contributed by atoms with Crippen LogP contribution in [0.2, 0.25) is 0 Å². The minimum absolute atomic E-state index is 0.133. The normalized spacial score (nSPS) is 14.3. The molecule has 1 aliphatic rings. The second-order valence-corrected chi connectivity index (χ2v) is 6.53. The van der Waals surface area contributed by atoms with Crippen LogP contribution in [0.3, 0.4) is 0 Å². The van der Waals surface area contributed by atoms with Gasteiger partial charge in [-0.3, -0.25) is 14.5 Å². The number of morpholine rings is 1. The number of hydrogen-bond acceptors (Lipinski definition) is 6. The van der Waals surface area contributed by atoms with Gasteiger partial charge in [0.1, 0.15) is 5.82 Å². The third-order valence-corrected chi connectivity index (χ3v) is 4.29. The smallest absolute Gasteiger partial charge is 0.251 e. The molecule has 1 aromatic carbocycles. The summed E-state index contributed by atoms with van der Waals surface area (Å²) < 4.78 is 5.32. The number of amides is 2. The Morgan fingerprint density at radius 2 is 1.93 bits per heavy atom. The molecule has 0 aliphatic carbocycles. The van der Waals surface area contributed by atoms with Gasteiger partial charge in [0.25, 0.3) is 5.91 Å². The first-order chi connectivity index (χ1) is 13.6. The van der Waals surface area contributed by atoms with E-state index in [1.165, 1.54) is 6.92 Å². The number of ether oxygens (including phenoxy) is 1. The van der Waals surface area contributed by atoms with Crippen molar-refractivity contribution in [1.29, 1.82) is 0 Å². The number of nitrogens with one attached hydrogen (secondary N) is 3. The van der Waals surface area contributed by atoms with Crippen molar-refractivity contribution in [2.75, 3.05) is 50.0 Å². The molecule has 1 fully saturated rings. The van der Waals surface area contributed by atoms with Gasteiger partial charge in [0, 0.05) is 56.2 Å². The molecule has 0 unspecified atom stereocenters. The summed E-state index contributed by atoms with van der Waals surface area (Å²) in [6.45, 7) is 6.15. The van der Waals surface area contributed by atoms with Crippen LogP contribution in [0.25, 0.3) is 0 Å². The summed E-state index contributed by atoms with van der Waals surface area (Å²) in [5.41, 5.74) is 2.00. The van der Waals surface area contributed by atoms with Gasteiger partial charge in [0.15, 0.2) is 0 Å². The Balaban J connectivity index is 1.55. The molecule has 2 aromatic rings. The van der Waals surface area contributed by atoms with Crippen LogP contribution in [0.5, 0.6) is 0 Å². The molecule has 0 bridgehead atoms. The number of carbonyl (C=O) groups excluding carboxylic acids is 2. The van der Waals surface area contributed by atoms with Crippen molar-refractivity contribution in [3.05, 3.63) is 48.2 Å². The van der Waals surface area contributed by atoms with Crippen molar-refractivity contribution in [3.8, 4) is 0 Å². The highest BCUT2D eigenvalue weighted by Gasteiger charge is 2.11. The molecule has 1 aromatic heterocycles. The standard InChI is InChI=1S/C20H25N5O3/c1-15(26)23-17-3-2-4-18(14-17)24-19-13-16(5-6-21-19)20(27)22-7-8-25-9-11-28-12-10-25/h2-6,13-14H,7-12H2,1H3,(H,21,24)(H,22,27)(H,23,26). The number of benzene rings is 1. The van der Waals surface area contributed by atoms with Gasteiger partial charge in [-0.15, -0.1) is 0 Å². The highest BCUT2D eigenvalue weighted by molar-refractivity contribution is 5.95. The predicted molar refractivity (Wildman–Crippen MR) is 108 cm³/mol. The fourth-order valence-corrected chi connectivity index (χ4v) is 2.92. The third kappa shape index (κ3) is 6.04. The van der Waals surface area contributed by atoms with Crippen LogP contribution in [0.15, 0.2) is 42.6 Å². The highest BCUT2D eigenvalue weighted by Crippen LogP contribution is 2.19. The molecule has 3 rings (SSSR count). The van der Waals surface area contributed by atoms with Gasteiger partial charge in [-0.05, 0) is 30.3 Å². The van der Waals surface area contributed by atoms with Crippen molar-refractivity contribution in [3.63, 3.8) is 0 Å². The molecular formula is C20H25N5O3. The lowest BCUT2D eigenvalue weighted by molar-refractivity contribution is -0.114. The lowest BCUT2D eigenvalue weighted by Crippen LogP contribution is -2.41. The average molecular weight is 383 g/mol. The minimum atomic E-state index is -0.134. The molecular weight excluding hydrogens is 358 g/mol. The van der Waals surface area contributed by atoms with Crippen LogP contribution in [-0.2, 0) is 9.53 Å². The van der Waals surface area contributed by atoms with Crippen LogP contribution < -0.4 is 16.0 Å². The number of rotatable bonds is 7. The van der Waals surface area contributed by atoms with E-state index in [4.69, 9.17) is 4.74 Å². The summed E-state index contributed by atoms with van der Waals surface area (Å²) in [6.07, 6.45) is 1.59. The van der Waals surface area contributed by atoms with Gasteiger partial charge in [-0.2, -0.15) is 0 Å². The zero-order valence-corrected chi connectivity index (χ0v) is 15.9. The molecule has 8 nitrogen and oxygen atoms in total. The highest BCUT2D eigenvalue weighted by atomic mass is 16.5. The molecule has 28 heavy (non-hydrogen) atoms. The Labute approximate surface area is 164 Å². The van der Waals surface area contributed by atoms with Crippen molar-refractivity contribution in [2.45, 2.75) is 6.92 Å². The Morgan fingerprint density at radius 1 is 1.14 bits per heavy atom. The average Bonchev–Trinajstić information content (AvgIpc) is 2.69. The number of pyridine rings is 1. The van der Waals surface area contributed by atoms with E-state index in [2.05, 4.69) is 25.8 Å². The van der Waals surface area contributed by atoms with Crippen LogP contribution in [0.4, 0.5) is 17.2 Å². The monoisotopic (exact) mass is 383 g/mol. The van der Waals surface area contributed by atoms with Gasteiger partial charge in [0.2, 0.25) is 5.91 Å². The first-order valence-corrected chi connectivity index (χ1v) is 9.29. The minimum Gasteiger partial charge on any atom is -0.379 e. The van der Waals surface area contributed by atoms with Gasteiger partial charge < -0.3 is 20.7 Å². The number of carbonyl (C=O) groups is 2. The van der Waals surface area contributed by atoms with Crippen molar-refractivity contribution >= 4 is 29.0 Å². The zero-order chi connectivity index (χ0) is 19.8. The van der Waals surface area contributed by atoms with E-state index in [0.717, 1.165) is 38.5 Å². The van der Waals surface area contributed by atoms with Gasteiger partial charge in [-0.25, -0.2) is 4.98 Å². The zero-order valence-electron chi connectivity index (χ0n) is 15.9. The summed E-state index contributed by atoms with van der Waals surface area (Å²) in [5.74, 6) is 0.289. The molecule has 0 spiro atoms. The largest absolute Gasteiger partial charge is 0.379 e. The van der Waals surface area contributed by atoms with Crippen LogP contribution in [0, 0.1) is 0 Å². The van der Waals surface area contributed by atoms with E-state index in [9.17, 15) is 9.59 Å². The van der Waals surface area contributed by atoms with Crippen LogP contribution in [0.1, 0.15) is 17.3 Å². The predicted octanol–water partition coefficient (Wildman–Crippen LogP) is 1.85. The van der Waals surface area contributed by atoms with Gasteiger partial charge in [0.05, 0.1) is 13.2 Å². The molecule has 2 amide bonds. The van der Waals surface area contributed by atoms with Crippen LogP contribution in [-0.4, -0.2) is 61.1 Å². The van der Waals surface area contributed by atoms with Crippen molar-refractivity contribution in [2.24, 2.45) is 0 Å². The molecule has 148 valence electrons. The van der Waals surface area contributed by atoms with Crippen molar-refractivity contribution in [1.82, 2.24) is 15.2 Å². The number of anilines is 3. The molecule has 2 heterocycles. The van der Waals surface area contributed by atoms with E-state index in [-0.39, 0.29) is 11.8 Å². The van der Waals surface area contributed by atoms with Crippen molar-refractivity contribution < 1.29 is 14.3 Å². The molecule has 1 aliphatic heterocycles. The first-order valence-electron chi connectivity index (χ1n) is 9.29. The lowest BCUT2D eigenvalue weighted by Gasteiger charge is -2.26. The maximum absolute atomic E-state index is 12.4. The number of hydrogen-bond donors (Lipinski definition) is 3. The molecule has 0 atom stereocenters. The molecule has 3 N–H and O–H groups in total. The first kappa shape index (κ1) is 19.8. The quantitative estimate of drug-likeness (QED) is 0.675. The third-order valence-electron chi connectivity index (χ3n) is 4.29. The number of aromatic nitrogens is 1. The fraction of sp³-hybridized carbons (Fsp3) is 0.350. The van der Waals surface area contributed by atoms with Gasteiger partial charge >= 0.3 is 0 Å². The second-order valence-electron chi connectivity index (χ2n) is 6.53. The summed E-state index contributed by atoms with van der Waals surface area (Å²) in [4.78, 5) is 30.1. The maximum atomic E-state index is 12.4. The summed E-state index contributed by atoms with van der Waals surface area (Å²) in [5, 5.41) is 8.84. The summed E-state index contributed by atoms with van der Waals surface area (Å²) in [6, 6.07) is 10.7.